The van der Waals surface area contributed by atoms with E-state index in [0.29, 0.717) is 30.1 Å². The second-order valence-electron chi connectivity index (χ2n) is 6.69. The summed E-state index contributed by atoms with van der Waals surface area (Å²) in [5, 5.41) is 4.11. The Bertz CT molecular complexity index is 598. The zero-order chi connectivity index (χ0) is 16.8. The smallest absolute Gasteiger partial charge is 0.241 e. The number of nitrogens with zero attached hydrogens (tertiary/aromatic N) is 3. The molecule has 0 bridgehead atoms. The highest BCUT2D eigenvalue weighted by Gasteiger charge is 2.16. The predicted octanol–water partition coefficient (Wildman–Crippen LogP) is 3.86. The summed E-state index contributed by atoms with van der Waals surface area (Å²) >= 11 is 0. The fraction of sp³-hybridized carbons (Fsp3) is 0.556. The molecule has 2 rings (SSSR count). The fourth-order valence-electron chi connectivity index (χ4n) is 2.69. The topological polar surface area (TPSA) is 51.4 Å². The lowest BCUT2D eigenvalue weighted by Crippen LogP contribution is -2.31. The first-order valence-electron chi connectivity index (χ1n) is 8.18. The molecule has 2 aromatic rings. The molecule has 23 heavy (non-hydrogen) atoms. The summed E-state index contributed by atoms with van der Waals surface area (Å²) in [6.45, 7) is 11.6. The first-order chi connectivity index (χ1) is 11.0. The summed E-state index contributed by atoms with van der Waals surface area (Å²) in [4.78, 5) is 6.91. The van der Waals surface area contributed by atoms with Crippen LogP contribution in [0.1, 0.15) is 33.6 Å². The molecule has 0 atom stereocenters. The highest BCUT2D eigenvalue weighted by Crippen LogP contribution is 2.27. The summed E-state index contributed by atoms with van der Waals surface area (Å²) in [5.74, 6) is 3.18. The van der Waals surface area contributed by atoms with Crippen LogP contribution in [-0.2, 0) is 6.54 Å². The third-order valence-electron chi connectivity index (χ3n) is 3.42. The molecule has 1 aromatic heterocycles. The Morgan fingerprint density at radius 3 is 2.35 bits per heavy atom. The number of methoxy groups -OCH3 is 1. The molecule has 126 valence electrons. The van der Waals surface area contributed by atoms with Gasteiger partial charge in [-0.25, -0.2) is 0 Å². The average molecular weight is 317 g/mol. The molecular formula is C18H27N3O2. The number of benzene rings is 1. The van der Waals surface area contributed by atoms with Gasteiger partial charge in [-0.3, -0.25) is 4.90 Å². The molecule has 0 unspecified atom stereocenters. The van der Waals surface area contributed by atoms with Gasteiger partial charge in [0.15, 0.2) is 0 Å². The van der Waals surface area contributed by atoms with Gasteiger partial charge in [-0.1, -0.05) is 45.0 Å². The van der Waals surface area contributed by atoms with Crippen molar-refractivity contribution < 1.29 is 9.26 Å². The molecule has 0 radical (unpaired) electrons. The Balaban J connectivity index is 2.14. The molecule has 0 aliphatic rings. The predicted molar refractivity (Wildman–Crippen MR) is 91.2 cm³/mol. The van der Waals surface area contributed by atoms with Crippen molar-refractivity contribution >= 4 is 0 Å². The highest BCUT2D eigenvalue weighted by atomic mass is 16.5. The van der Waals surface area contributed by atoms with Gasteiger partial charge in [0, 0.05) is 13.1 Å². The van der Waals surface area contributed by atoms with Gasteiger partial charge in [-0.15, -0.1) is 0 Å². The minimum absolute atomic E-state index is 0.575. The SMILES string of the molecule is COc1ccccc1-c1noc(CN(CC(C)C)CC(C)C)n1. The first-order valence-corrected chi connectivity index (χ1v) is 8.18. The number of hydrogen-bond donors (Lipinski definition) is 0. The van der Waals surface area contributed by atoms with E-state index in [4.69, 9.17) is 9.26 Å². The zero-order valence-corrected chi connectivity index (χ0v) is 14.7. The van der Waals surface area contributed by atoms with Crippen LogP contribution in [0.25, 0.3) is 11.4 Å². The molecule has 1 heterocycles. The summed E-state index contributed by atoms with van der Waals surface area (Å²) in [7, 11) is 1.65. The number of hydrogen-bond acceptors (Lipinski definition) is 5. The Morgan fingerprint density at radius 1 is 1.09 bits per heavy atom. The molecule has 0 amide bonds. The van der Waals surface area contributed by atoms with E-state index in [1.54, 1.807) is 7.11 Å². The molecular weight excluding hydrogens is 290 g/mol. The summed E-state index contributed by atoms with van der Waals surface area (Å²) < 4.78 is 10.8. The fourth-order valence-corrected chi connectivity index (χ4v) is 2.69. The third kappa shape index (κ3) is 5.06. The number of aromatic nitrogens is 2. The Hall–Kier alpha value is -1.88. The minimum Gasteiger partial charge on any atom is -0.496 e. The highest BCUT2D eigenvalue weighted by molar-refractivity contribution is 5.63. The van der Waals surface area contributed by atoms with Crippen molar-refractivity contribution in [2.24, 2.45) is 11.8 Å². The minimum atomic E-state index is 0.575. The average Bonchev–Trinajstić information content (AvgIpc) is 2.94. The molecule has 0 fully saturated rings. The molecule has 0 saturated heterocycles. The summed E-state index contributed by atoms with van der Waals surface area (Å²) in [6, 6.07) is 7.71. The van der Waals surface area contributed by atoms with Crippen LogP contribution in [0.4, 0.5) is 0 Å². The molecule has 0 spiro atoms. The van der Waals surface area contributed by atoms with E-state index in [-0.39, 0.29) is 0 Å². The van der Waals surface area contributed by atoms with E-state index in [1.807, 2.05) is 24.3 Å². The molecule has 0 N–H and O–H groups in total. The van der Waals surface area contributed by atoms with Gasteiger partial charge < -0.3 is 9.26 Å². The Labute approximate surface area is 138 Å². The van der Waals surface area contributed by atoms with E-state index in [1.165, 1.54) is 0 Å². The maximum Gasteiger partial charge on any atom is 0.241 e. The van der Waals surface area contributed by atoms with Gasteiger partial charge >= 0.3 is 0 Å². The lowest BCUT2D eigenvalue weighted by Gasteiger charge is -2.24. The second kappa shape index (κ2) is 8.11. The molecule has 5 heteroatoms. The van der Waals surface area contributed by atoms with Crippen LogP contribution in [-0.4, -0.2) is 35.2 Å². The first kappa shape index (κ1) is 17.5. The normalized spacial score (nSPS) is 11.7. The number of rotatable bonds is 8. The molecule has 0 aliphatic heterocycles. The monoisotopic (exact) mass is 317 g/mol. The lowest BCUT2D eigenvalue weighted by atomic mass is 10.1. The lowest BCUT2D eigenvalue weighted by molar-refractivity contribution is 0.186. The van der Waals surface area contributed by atoms with Crippen molar-refractivity contribution in [1.82, 2.24) is 15.0 Å². The van der Waals surface area contributed by atoms with E-state index in [9.17, 15) is 0 Å². The van der Waals surface area contributed by atoms with Crippen molar-refractivity contribution in [3.8, 4) is 17.1 Å². The summed E-state index contributed by atoms with van der Waals surface area (Å²) in [6.07, 6.45) is 0. The van der Waals surface area contributed by atoms with Crippen molar-refractivity contribution in [1.29, 1.82) is 0 Å². The van der Waals surface area contributed by atoms with E-state index >= 15 is 0 Å². The molecule has 0 saturated carbocycles. The van der Waals surface area contributed by atoms with E-state index < -0.39 is 0 Å². The molecule has 1 aromatic carbocycles. The number of para-hydroxylation sites is 1. The van der Waals surface area contributed by atoms with Crippen LogP contribution in [0.2, 0.25) is 0 Å². The zero-order valence-electron chi connectivity index (χ0n) is 14.7. The third-order valence-corrected chi connectivity index (χ3v) is 3.42. The van der Waals surface area contributed by atoms with Crippen LogP contribution < -0.4 is 4.74 Å². The van der Waals surface area contributed by atoms with Crippen molar-refractivity contribution in [3.05, 3.63) is 30.2 Å². The van der Waals surface area contributed by atoms with E-state index in [0.717, 1.165) is 24.4 Å². The van der Waals surface area contributed by atoms with Gasteiger partial charge in [-0.05, 0) is 24.0 Å². The van der Waals surface area contributed by atoms with Gasteiger partial charge in [-0.2, -0.15) is 4.98 Å². The number of ether oxygens (including phenoxy) is 1. The van der Waals surface area contributed by atoms with Gasteiger partial charge in [0.05, 0.1) is 19.2 Å². The maximum atomic E-state index is 5.45. The van der Waals surface area contributed by atoms with Crippen molar-refractivity contribution in [2.45, 2.75) is 34.2 Å². The van der Waals surface area contributed by atoms with Gasteiger partial charge in [0.1, 0.15) is 5.75 Å². The van der Waals surface area contributed by atoms with Crippen LogP contribution >= 0.6 is 0 Å². The largest absolute Gasteiger partial charge is 0.496 e. The molecule has 0 aliphatic carbocycles. The standard InChI is InChI=1S/C18H27N3O2/c1-13(2)10-21(11-14(3)4)12-17-19-18(20-23-17)15-8-6-7-9-16(15)22-5/h6-9,13-14H,10-12H2,1-5H3. The van der Waals surface area contributed by atoms with Crippen LogP contribution in [0.15, 0.2) is 28.8 Å². The van der Waals surface area contributed by atoms with Crippen molar-refractivity contribution in [2.75, 3.05) is 20.2 Å². The quantitative estimate of drug-likeness (QED) is 0.740. The van der Waals surface area contributed by atoms with Crippen molar-refractivity contribution in [3.63, 3.8) is 0 Å². The maximum absolute atomic E-state index is 5.45. The van der Waals surface area contributed by atoms with Gasteiger partial charge in [0.25, 0.3) is 0 Å². The van der Waals surface area contributed by atoms with E-state index in [2.05, 4.69) is 42.7 Å². The second-order valence-corrected chi connectivity index (χ2v) is 6.69. The Morgan fingerprint density at radius 2 is 1.74 bits per heavy atom. The van der Waals surface area contributed by atoms with Gasteiger partial charge in [0.2, 0.25) is 11.7 Å². The Kier molecular flexibility index (Phi) is 6.16. The summed E-state index contributed by atoms with van der Waals surface area (Å²) in [5.41, 5.74) is 0.851. The molecule has 5 nitrogen and oxygen atoms in total. The van der Waals surface area contributed by atoms with Crippen LogP contribution in [0.5, 0.6) is 5.75 Å². The van der Waals surface area contributed by atoms with Crippen LogP contribution in [0.3, 0.4) is 0 Å². The van der Waals surface area contributed by atoms with Crippen LogP contribution in [0, 0.1) is 11.8 Å².